The molecule has 0 saturated carbocycles. The third-order valence-electron chi connectivity index (χ3n) is 4.05. The number of rotatable bonds is 6. The third-order valence-corrected chi connectivity index (χ3v) is 4.05. The van der Waals surface area contributed by atoms with Crippen LogP contribution in [0.2, 0.25) is 0 Å². The molecule has 6 nitrogen and oxygen atoms in total. The Kier molecular flexibility index (Phi) is 5.27. The van der Waals surface area contributed by atoms with Gasteiger partial charge in [-0.3, -0.25) is 4.79 Å². The molecule has 3 rings (SSSR count). The van der Waals surface area contributed by atoms with E-state index in [9.17, 15) is 4.79 Å². The van der Waals surface area contributed by atoms with Crippen LogP contribution in [0, 0.1) is 6.92 Å². The molecular weight excluding hydrogens is 306 g/mol. The Morgan fingerprint density at radius 3 is 2.88 bits per heavy atom. The fraction of sp³-hybridized carbons (Fsp3) is 0.444. The second-order valence-electron chi connectivity index (χ2n) is 6.09. The smallest absolute Gasteiger partial charge is 0.253 e. The quantitative estimate of drug-likeness (QED) is 0.854. The molecule has 1 aromatic carbocycles. The second kappa shape index (κ2) is 7.59. The maximum atomic E-state index is 12.2. The minimum absolute atomic E-state index is 0.122. The SMILES string of the molecule is Cc1cnc(-c2ccc(NC(=O)[C@H](C)OC[C@H]3CCCO3)cc2)[nH]1. The van der Waals surface area contributed by atoms with E-state index in [4.69, 9.17) is 9.47 Å². The van der Waals surface area contributed by atoms with Crippen LogP contribution in [0.3, 0.4) is 0 Å². The Balaban J connectivity index is 1.52. The van der Waals surface area contributed by atoms with Gasteiger partial charge in [-0.25, -0.2) is 4.98 Å². The normalized spacial score (nSPS) is 18.5. The number of H-pyrrole nitrogens is 1. The zero-order valence-electron chi connectivity index (χ0n) is 14.0. The van der Waals surface area contributed by atoms with Crippen LogP contribution < -0.4 is 5.32 Å². The molecule has 1 fully saturated rings. The Labute approximate surface area is 141 Å². The number of hydrogen-bond donors (Lipinski definition) is 2. The van der Waals surface area contributed by atoms with E-state index in [0.717, 1.165) is 42.2 Å². The zero-order valence-corrected chi connectivity index (χ0v) is 14.0. The molecule has 1 amide bonds. The molecule has 2 heterocycles. The number of benzene rings is 1. The first-order valence-electron chi connectivity index (χ1n) is 8.28. The lowest BCUT2D eigenvalue weighted by molar-refractivity contribution is -0.128. The number of nitrogens with one attached hydrogen (secondary N) is 2. The lowest BCUT2D eigenvalue weighted by Gasteiger charge is -2.16. The first-order chi connectivity index (χ1) is 11.6. The Morgan fingerprint density at radius 2 is 2.25 bits per heavy atom. The van der Waals surface area contributed by atoms with Crippen molar-refractivity contribution in [2.24, 2.45) is 0 Å². The van der Waals surface area contributed by atoms with Crippen molar-refractivity contribution in [2.75, 3.05) is 18.5 Å². The summed E-state index contributed by atoms with van der Waals surface area (Å²) in [7, 11) is 0. The van der Waals surface area contributed by atoms with Crippen LogP contribution in [0.15, 0.2) is 30.5 Å². The second-order valence-corrected chi connectivity index (χ2v) is 6.09. The molecular formula is C18H23N3O3. The zero-order chi connectivity index (χ0) is 16.9. The van der Waals surface area contributed by atoms with Crippen molar-refractivity contribution in [3.8, 4) is 11.4 Å². The van der Waals surface area contributed by atoms with E-state index in [1.807, 2.05) is 31.2 Å². The van der Waals surface area contributed by atoms with Crippen molar-refractivity contribution in [3.05, 3.63) is 36.2 Å². The number of aryl methyl sites for hydroxylation is 1. The monoisotopic (exact) mass is 329 g/mol. The number of anilines is 1. The molecule has 1 aliphatic heterocycles. The molecule has 128 valence electrons. The molecule has 0 radical (unpaired) electrons. The van der Waals surface area contributed by atoms with Crippen molar-refractivity contribution in [1.82, 2.24) is 9.97 Å². The van der Waals surface area contributed by atoms with Crippen LogP contribution in [0.1, 0.15) is 25.5 Å². The molecule has 2 N–H and O–H groups in total. The van der Waals surface area contributed by atoms with Gasteiger partial charge in [0.05, 0.1) is 12.7 Å². The van der Waals surface area contributed by atoms with Crippen molar-refractivity contribution < 1.29 is 14.3 Å². The number of aromatic amines is 1. The van der Waals surface area contributed by atoms with Crippen molar-refractivity contribution >= 4 is 11.6 Å². The van der Waals surface area contributed by atoms with Crippen LogP contribution in [0.5, 0.6) is 0 Å². The third kappa shape index (κ3) is 4.21. The number of carbonyl (C=O) groups excluding carboxylic acids is 1. The van der Waals surface area contributed by atoms with Crippen molar-refractivity contribution in [2.45, 2.75) is 38.9 Å². The minimum Gasteiger partial charge on any atom is -0.376 e. The molecule has 24 heavy (non-hydrogen) atoms. The molecule has 1 saturated heterocycles. The highest BCUT2D eigenvalue weighted by Gasteiger charge is 2.20. The highest BCUT2D eigenvalue weighted by Crippen LogP contribution is 2.19. The van der Waals surface area contributed by atoms with Crippen LogP contribution >= 0.6 is 0 Å². The van der Waals surface area contributed by atoms with Gasteiger partial charge in [0.15, 0.2) is 0 Å². The summed E-state index contributed by atoms with van der Waals surface area (Å²) in [5, 5.41) is 2.87. The molecule has 0 bridgehead atoms. The highest BCUT2D eigenvalue weighted by molar-refractivity contribution is 5.94. The standard InChI is InChI=1S/C18H23N3O3/c1-12-10-19-17(20-12)14-5-7-15(8-6-14)21-18(22)13(2)24-11-16-4-3-9-23-16/h5-8,10,13,16H,3-4,9,11H2,1-2H3,(H,19,20)(H,21,22)/t13-,16+/m0/s1. The Morgan fingerprint density at radius 1 is 1.46 bits per heavy atom. The van der Waals surface area contributed by atoms with Gasteiger partial charge in [0, 0.05) is 29.7 Å². The first-order valence-corrected chi connectivity index (χ1v) is 8.28. The van der Waals surface area contributed by atoms with E-state index in [1.54, 1.807) is 13.1 Å². The fourth-order valence-corrected chi connectivity index (χ4v) is 2.62. The molecule has 2 aromatic rings. The lowest BCUT2D eigenvalue weighted by Crippen LogP contribution is -2.30. The minimum atomic E-state index is -0.512. The van der Waals surface area contributed by atoms with E-state index in [-0.39, 0.29) is 12.0 Å². The molecule has 0 spiro atoms. The summed E-state index contributed by atoms with van der Waals surface area (Å²) in [5.74, 6) is 0.660. The van der Waals surface area contributed by atoms with Gasteiger partial charge in [0.2, 0.25) is 0 Å². The van der Waals surface area contributed by atoms with E-state index in [2.05, 4.69) is 15.3 Å². The molecule has 0 unspecified atom stereocenters. The van der Waals surface area contributed by atoms with Crippen LogP contribution in [-0.2, 0) is 14.3 Å². The van der Waals surface area contributed by atoms with Gasteiger partial charge in [0.25, 0.3) is 5.91 Å². The molecule has 1 aromatic heterocycles. The number of hydrogen-bond acceptors (Lipinski definition) is 4. The number of aromatic nitrogens is 2. The summed E-state index contributed by atoms with van der Waals surface area (Å²) in [4.78, 5) is 19.7. The summed E-state index contributed by atoms with van der Waals surface area (Å²) >= 11 is 0. The summed E-state index contributed by atoms with van der Waals surface area (Å²) in [6.45, 7) is 4.97. The molecule has 1 aliphatic rings. The molecule has 2 atom stereocenters. The van der Waals surface area contributed by atoms with Gasteiger partial charge in [-0.2, -0.15) is 0 Å². The molecule has 6 heteroatoms. The van der Waals surface area contributed by atoms with Gasteiger partial charge < -0.3 is 19.8 Å². The van der Waals surface area contributed by atoms with Crippen molar-refractivity contribution in [3.63, 3.8) is 0 Å². The lowest BCUT2D eigenvalue weighted by atomic mass is 10.2. The maximum Gasteiger partial charge on any atom is 0.253 e. The van der Waals surface area contributed by atoms with Gasteiger partial charge in [-0.15, -0.1) is 0 Å². The number of carbonyl (C=O) groups is 1. The van der Waals surface area contributed by atoms with Crippen LogP contribution in [0.4, 0.5) is 5.69 Å². The molecule has 0 aliphatic carbocycles. The summed E-state index contributed by atoms with van der Waals surface area (Å²) in [5.41, 5.74) is 2.72. The topological polar surface area (TPSA) is 76.2 Å². The first kappa shape index (κ1) is 16.7. The van der Waals surface area contributed by atoms with Crippen molar-refractivity contribution in [1.29, 1.82) is 0 Å². The van der Waals surface area contributed by atoms with Gasteiger partial charge in [0.1, 0.15) is 11.9 Å². The predicted octanol–water partition coefficient (Wildman–Crippen LogP) is 2.91. The van der Waals surface area contributed by atoms with E-state index in [0.29, 0.717) is 6.61 Å². The number of nitrogens with zero attached hydrogens (tertiary/aromatic N) is 1. The van der Waals surface area contributed by atoms with Gasteiger partial charge in [-0.1, -0.05) is 0 Å². The van der Waals surface area contributed by atoms with Gasteiger partial charge in [-0.05, 0) is 51.0 Å². The Bertz CT molecular complexity index is 675. The van der Waals surface area contributed by atoms with Crippen LogP contribution in [-0.4, -0.2) is 41.3 Å². The maximum absolute atomic E-state index is 12.2. The number of amides is 1. The number of ether oxygens (including phenoxy) is 2. The predicted molar refractivity (Wildman–Crippen MR) is 91.8 cm³/mol. The van der Waals surface area contributed by atoms with Crippen LogP contribution in [0.25, 0.3) is 11.4 Å². The highest BCUT2D eigenvalue weighted by atomic mass is 16.5. The average Bonchev–Trinajstić information content (AvgIpc) is 3.25. The average molecular weight is 329 g/mol. The van der Waals surface area contributed by atoms with E-state index in [1.165, 1.54) is 0 Å². The Hall–Kier alpha value is -2.18. The summed E-state index contributed by atoms with van der Waals surface area (Å²) in [6.07, 6.45) is 3.47. The van der Waals surface area contributed by atoms with E-state index < -0.39 is 6.10 Å². The number of imidazole rings is 1. The largest absolute Gasteiger partial charge is 0.376 e. The summed E-state index contributed by atoms with van der Waals surface area (Å²) < 4.78 is 11.1. The van der Waals surface area contributed by atoms with E-state index >= 15 is 0 Å². The summed E-state index contributed by atoms with van der Waals surface area (Å²) in [6, 6.07) is 7.56. The van der Waals surface area contributed by atoms with Gasteiger partial charge >= 0.3 is 0 Å². The fourth-order valence-electron chi connectivity index (χ4n) is 2.62.